The molecule has 7 unspecified atom stereocenters. The quantitative estimate of drug-likeness (QED) is 0.0611. The van der Waals surface area contributed by atoms with Gasteiger partial charge in [-0.2, -0.15) is 0 Å². The highest BCUT2D eigenvalue weighted by Gasteiger charge is 2.75. The van der Waals surface area contributed by atoms with Crippen molar-refractivity contribution >= 4 is 35.5 Å². The van der Waals surface area contributed by atoms with Crippen molar-refractivity contribution < 1.29 is 38.6 Å². The van der Waals surface area contributed by atoms with Crippen LogP contribution in [0.2, 0.25) is 0 Å². The lowest BCUT2D eigenvalue weighted by molar-refractivity contribution is -0.178. The fraction of sp³-hybridized carbons (Fsp3) is 0.235. The molecule has 1 spiro atoms. The van der Waals surface area contributed by atoms with Gasteiger partial charge in [0.1, 0.15) is 29.9 Å². The fourth-order valence-corrected chi connectivity index (χ4v) is 9.56. The average Bonchev–Trinajstić information content (AvgIpc) is 3.78. The number of rotatable bonds is 12. The lowest BCUT2D eigenvalue weighted by Gasteiger charge is -2.46. The van der Waals surface area contributed by atoms with Gasteiger partial charge in [0, 0.05) is 12.1 Å². The number of nitrogens with zero attached hydrogens (tertiary/aromatic N) is 2. The molecule has 14 heteroatoms. The van der Waals surface area contributed by atoms with Crippen LogP contribution in [-0.2, 0) is 24.5 Å². The SMILES string of the molecule is C=CCNC(=O)C1C2C(=O)OC(c3ccccc3)C(c3ccccc3)N2C(c2cccc(OCCO)c2)C12C(=O)N(C(=O)NC(C)c1ccccc1)c1ccc(C#CCNC(N)=O)cc12. The topological polar surface area (TPSA) is 193 Å². The number of anilines is 1. The van der Waals surface area contributed by atoms with E-state index in [4.69, 9.17) is 15.2 Å². The summed E-state index contributed by atoms with van der Waals surface area (Å²) in [4.78, 5) is 76.3. The number of benzene rings is 5. The second-order valence-electron chi connectivity index (χ2n) is 15.9. The van der Waals surface area contributed by atoms with Gasteiger partial charge in [-0.05, 0) is 65.1 Å². The summed E-state index contributed by atoms with van der Waals surface area (Å²) in [6.07, 6.45) is 0.569. The van der Waals surface area contributed by atoms with Crippen molar-refractivity contribution in [2.45, 2.75) is 42.6 Å². The van der Waals surface area contributed by atoms with E-state index in [0.717, 1.165) is 16.0 Å². The highest BCUT2D eigenvalue weighted by molar-refractivity contribution is 6.24. The molecule has 7 atom stereocenters. The summed E-state index contributed by atoms with van der Waals surface area (Å²) in [6, 6.07) is 34.4. The van der Waals surface area contributed by atoms with E-state index in [1.807, 2.05) is 95.9 Å². The third-order valence-corrected chi connectivity index (χ3v) is 12.1. The smallest absolute Gasteiger partial charge is 0.329 e. The zero-order valence-electron chi connectivity index (χ0n) is 35.6. The first-order valence-electron chi connectivity index (χ1n) is 21.3. The van der Waals surface area contributed by atoms with Crippen LogP contribution in [0.3, 0.4) is 0 Å². The number of aliphatic hydroxyl groups excluding tert-OH is 1. The van der Waals surface area contributed by atoms with E-state index < -0.39 is 71.5 Å². The molecule has 14 nitrogen and oxygen atoms in total. The summed E-state index contributed by atoms with van der Waals surface area (Å²) in [6.45, 7) is 5.22. The molecule has 2 saturated heterocycles. The van der Waals surface area contributed by atoms with Gasteiger partial charge in [0.05, 0.1) is 42.9 Å². The Kier molecular flexibility index (Phi) is 12.8. The van der Waals surface area contributed by atoms with Crippen molar-refractivity contribution in [3.8, 4) is 17.6 Å². The molecule has 0 aliphatic carbocycles. The minimum Gasteiger partial charge on any atom is -0.491 e. The van der Waals surface area contributed by atoms with E-state index in [-0.39, 0.29) is 37.6 Å². The van der Waals surface area contributed by atoms with E-state index >= 15 is 14.4 Å². The van der Waals surface area contributed by atoms with Gasteiger partial charge in [0.25, 0.3) is 0 Å². The normalized spacial score (nSPS) is 22.4. The van der Waals surface area contributed by atoms with Gasteiger partial charge in [-0.15, -0.1) is 6.58 Å². The minimum atomic E-state index is -2.05. The van der Waals surface area contributed by atoms with Crippen molar-refractivity contribution in [3.05, 3.63) is 179 Å². The Morgan fingerprint density at radius 3 is 2.23 bits per heavy atom. The summed E-state index contributed by atoms with van der Waals surface area (Å²) in [5, 5.41) is 18.1. The van der Waals surface area contributed by atoms with E-state index in [2.05, 4.69) is 34.4 Å². The molecule has 0 radical (unpaired) electrons. The average molecular weight is 873 g/mol. The maximum Gasteiger partial charge on any atom is 0.329 e. The third kappa shape index (κ3) is 8.19. The number of hydrogen-bond donors (Lipinski definition) is 5. The molecule has 6 amide bonds. The largest absolute Gasteiger partial charge is 0.491 e. The number of esters is 1. The maximum atomic E-state index is 16.4. The molecule has 5 aromatic rings. The summed E-state index contributed by atoms with van der Waals surface area (Å²) in [5.41, 5.74) is 6.76. The second kappa shape index (κ2) is 18.9. The molecular formula is C51H48N6O8. The number of aliphatic hydroxyl groups is 1. The van der Waals surface area contributed by atoms with Gasteiger partial charge in [-0.1, -0.05) is 121 Å². The molecule has 0 aromatic heterocycles. The molecule has 3 aliphatic heterocycles. The molecule has 0 saturated carbocycles. The Labute approximate surface area is 376 Å². The summed E-state index contributed by atoms with van der Waals surface area (Å²) >= 11 is 0. The fourth-order valence-electron chi connectivity index (χ4n) is 9.56. The number of fused-ring (bicyclic) bond motifs is 3. The highest BCUT2D eigenvalue weighted by atomic mass is 16.6. The van der Waals surface area contributed by atoms with Gasteiger partial charge in [-0.3, -0.25) is 19.3 Å². The number of cyclic esters (lactones) is 1. The van der Waals surface area contributed by atoms with Crippen molar-refractivity contribution in [2.24, 2.45) is 11.7 Å². The predicted molar refractivity (Wildman–Crippen MR) is 242 cm³/mol. The second-order valence-corrected chi connectivity index (χ2v) is 15.9. The molecule has 3 heterocycles. The number of carbonyl (C=O) groups is 5. The highest BCUT2D eigenvalue weighted by Crippen LogP contribution is 2.66. The van der Waals surface area contributed by atoms with Crippen LogP contribution in [0.4, 0.5) is 15.3 Å². The van der Waals surface area contributed by atoms with Crippen LogP contribution in [0.15, 0.2) is 146 Å². The number of amides is 6. The summed E-state index contributed by atoms with van der Waals surface area (Å²) < 4.78 is 12.5. The van der Waals surface area contributed by atoms with Gasteiger partial charge in [0.15, 0.2) is 0 Å². The number of nitrogens with one attached hydrogen (secondary N) is 3. The van der Waals surface area contributed by atoms with E-state index in [9.17, 15) is 14.7 Å². The first-order chi connectivity index (χ1) is 31.6. The van der Waals surface area contributed by atoms with Crippen molar-refractivity contribution in [2.75, 3.05) is 31.2 Å². The van der Waals surface area contributed by atoms with Gasteiger partial charge in [0.2, 0.25) is 11.8 Å². The van der Waals surface area contributed by atoms with Gasteiger partial charge >= 0.3 is 18.0 Å². The number of carbonyl (C=O) groups excluding carboxylic acids is 5. The van der Waals surface area contributed by atoms with Crippen molar-refractivity contribution in [1.29, 1.82) is 0 Å². The molecule has 8 rings (SSSR count). The number of primary amides is 1. The Morgan fingerprint density at radius 2 is 1.55 bits per heavy atom. The number of ether oxygens (including phenoxy) is 2. The molecule has 6 N–H and O–H groups in total. The van der Waals surface area contributed by atoms with Crippen LogP contribution in [0.1, 0.15) is 64.5 Å². The lowest BCUT2D eigenvalue weighted by Crippen LogP contribution is -2.56. The first-order valence-corrected chi connectivity index (χ1v) is 21.3. The molecule has 2 fully saturated rings. The molecule has 5 aromatic carbocycles. The zero-order valence-corrected chi connectivity index (χ0v) is 35.6. The number of nitrogens with two attached hydrogens (primary N) is 1. The molecule has 65 heavy (non-hydrogen) atoms. The number of hydrogen-bond acceptors (Lipinski definition) is 9. The standard InChI is InChI=1S/C51H48N6O8/c1-3-26-53-46(59)41-43-47(60)65-44(36-20-11-6-12-21-36)42(35-18-9-5-10-19-35)57(43)45(37-22-13-23-38(31-37)64-29-28-58)51(41)39-30-33(15-14-27-54-49(52)62)24-25-40(39)56(48(51)61)50(63)55-32(2)34-16-7-4-8-17-34/h3-13,16-25,30-32,41-45,58H,1,26-29H2,2H3,(H,53,59)(H,55,63)(H3,52,54,62). The Balaban J connectivity index is 1.44. The molecule has 3 aliphatic rings. The summed E-state index contributed by atoms with van der Waals surface area (Å²) in [5.74, 6) is 2.58. The van der Waals surface area contributed by atoms with Gasteiger partial charge in [-0.25, -0.2) is 14.5 Å². The van der Waals surface area contributed by atoms with E-state index in [0.29, 0.717) is 22.4 Å². The van der Waals surface area contributed by atoms with Crippen LogP contribution in [0.5, 0.6) is 5.75 Å². The van der Waals surface area contributed by atoms with Crippen LogP contribution < -0.4 is 31.3 Å². The predicted octanol–water partition coefficient (Wildman–Crippen LogP) is 5.52. The third-order valence-electron chi connectivity index (χ3n) is 12.1. The first kappa shape index (κ1) is 43.9. The lowest BCUT2D eigenvalue weighted by atomic mass is 9.65. The van der Waals surface area contributed by atoms with Crippen LogP contribution >= 0.6 is 0 Å². The van der Waals surface area contributed by atoms with Crippen LogP contribution in [0.25, 0.3) is 0 Å². The Bertz CT molecular complexity index is 2670. The Hall–Kier alpha value is -7.73. The van der Waals surface area contributed by atoms with E-state index in [1.54, 1.807) is 49.4 Å². The molecule has 330 valence electrons. The minimum absolute atomic E-state index is 0.00466. The summed E-state index contributed by atoms with van der Waals surface area (Å²) in [7, 11) is 0. The molecule has 0 bridgehead atoms. The maximum absolute atomic E-state index is 16.4. The Morgan fingerprint density at radius 1 is 0.877 bits per heavy atom. The monoisotopic (exact) mass is 872 g/mol. The van der Waals surface area contributed by atoms with Crippen molar-refractivity contribution in [3.63, 3.8) is 0 Å². The number of imide groups is 1. The van der Waals surface area contributed by atoms with Gasteiger partial charge < -0.3 is 36.3 Å². The molecular weight excluding hydrogens is 825 g/mol. The van der Waals surface area contributed by atoms with E-state index in [1.165, 1.54) is 6.08 Å². The van der Waals surface area contributed by atoms with Crippen LogP contribution in [-0.4, -0.2) is 72.2 Å². The van der Waals surface area contributed by atoms with Crippen LogP contribution in [0, 0.1) is 17.8 Å². The number of urea groups is 2. The zero-order chi connectivity index (χ0) is 45.7. The number of morpholine rings is 1. The van der Waals surface area contributed by atoms with Crippen molar-refractivity contribution in [1.82, 2.24) is 20.9 Å².